The Hall–Kier alpha value is -2.02. The standard InChI is InChI=1S/C13H18ClN5O2/c1-4-20-11-6-9(10(14)7-12(11)21-5-2)8-15-13-16-17-18-19(13)3/h6-7H,4-5,8H2,1-3H3,(H,15,16,18). The Morgan fingerprint density at radius 1 is 1.19 bits per heavy atom. The lowest BCUT2D eigenvalue weighted by molar-refractivity contribution is 0.287. The summed E-state index contributed by atoms with van der Waals surface area (Å²) < 4.78 is 12.7. The fourth-order valence-corrected chi connectivity index (χ4v) is 2.02. The molecule has 0 radical (unpaired) electrons. The third kappa shape index (κ3) is 3.75. The monoisotopic (exact) mass is 311 g/mol. The van der Waals surface area contributed by atoms with Crippen LogP contribution < -0.4 is 14.8 Å². The van der Waals surface area contributed by atoms with Gasteiger partial charge in [0.05, 0.1) is 13.2 Å². The van der Waals surface area contributed by atoms with Crippen molar-refractivity contribution in [1.29, 1.82) is 0 Å². The van der Waals surface area contributed by atoms with E-state index in [2.05, 4.69) is 20.8 Å². The van der Waals surface area contributed by atoms with Crippen LogP contribution in [0.5, 0.6) is 11.5 Å². The van der Waals surface area contributed by atoms with Crippen molar-refractivity contribution < 1.29 is 9.47 Å². The average molecular weight is 312 g/mol. The lowest BCUT2D eigenvalue weighted by Gasteiger charge is -2.14. The third-order valence-corrected chi connectivity index (χ3v) is 3.12. The van der Waals surface area contributed by atoms with Gasteiger partial charge in [-0.1, -0.05) is 16.7 Å². The Morgan fingerprint density at radius 3 is 2.43 bits per heavy atom. The normalized spacial score (nSPS) is 10.5. The SMILES string of the molecule is CCOc1cc(Cl)c(CNc2nnnn2C)cc1OCC. The molecule has 7 nitrogen and oxygen atoms in total. The topological polar surface area (TPSA) is 74.1 Å². The minimum absolute atomic E-state index is 0.486. The number of nitrogens with zero attached hydrogens (tertiary/aromatic N) is 4. The molecule has 1 N–H and O–H groups in total. The minimum Gasteiger partial charge on any atom is -0.490 e. The highest BCUT2D eigenvalue weighted by molar-refractivity contribution is 6.31. The van der Waals surface area contributed by atoms with E-state index < -0.39 is 0 Å². The van der Waals surface area contributed by atoms with Gasteiger partial charge in [0.1, 0.15) is 0 Å². The number of halogens is 1. The van der Waals surface area contributed by atoms with Crippen LogP contribution >= 0.6 is 11.6 Å². The van der Waals surface area contributed by atoms with Crippen molar-refractivity contribution >= 4 is 17.5 Å². The maximum absolute atomic E-state index is 6.28. The Kier molecular flexibility index (Phi) is 5.21. The van der Waals surface area contributed by atoms with E-state index >= 15 is 0 Å². The number of rotatable bonds is 7. The van der Waals surface area contributed by atoms with Crippen LogP contribution in [0.4, 0.5) is 5.95 Å². The quantitative estimate of drug-likeness (QED) is 0.845. The maximum Gasteiger partial charge on any atom is 0.242 e. The molecule has 0 aliphatic rings. The van der Waals surface area contributed by atoms with E-state index in [1.165, 1.54) is 0 Å². The van der Waals surface area contributed by atoms with Crippen molar-refractivity contribution in [2.75, 3.05) is 18.5 Å². The van der Waals surface area contributed by atoms with Gasteiger partial charge in [0, 0.05) is 24.7 Å². The molecule has 0 aliphatic carbocycles. The smallest absolute Gasteiger partial charge is 0.242 e. The van der Waals surface area contributed by atoms with Crippen molar-refractivity contribution in [1.82, 2.24) is 20.2 Å². The zero-order chi connectivity index (χ0) is 15.2. The molecule has 2 rings (SSSR count). The molecule has 8 heteroatoms. The number of tetrazole rings is 1. The van der Waals surface area contributed by atoms with E-state index in [9.17, 15) is 0 Å². The van der Waals surface area contributed by atoms with Crippen LogP contribution in [0.1, 0.15) is 19.4 Å². The van der Waals surface area contributed by atoms with Crippen LogP contribution in [0.25, 0.3) is 0 Å². The van der Waals surface area contributed by atoms with Crippen LogP contribution in [0.2, 0.25) is 5.02 Å². The first-order valence-corrected chi connectivity index (χ1v) is 7.07. The Balaban J connectivity index is 2.18. The van der Waals surface area contributed by atoms with Crippen molar-refractivity contribution in [3.8, 4) is 11.5 Å². The first kappa shape index (κ1) is 15.4. The van der Waals surface area contributed by atoms with Crippen LogP contribution in [-0.4, -0.2) is 33.4 Å². The fourth-order valence-electron chi connectivity index (χ4n) is 1.80. The van der Waals surface area contributed by atoms with E-state index in [1.807, 2.05) is 19.9 Å². The Bertz CT molecular complexity index is 602. The van der Waals surface area contributed by atoms with Crippen LogP contribution in [0.15, 0.2) is 12.1 Å². The number of benzene rings is 1. The summed E-state index contributed by atoms with van der Waals surface area (Å²) in [5, 5.41) is 14.9. The summed E-state index contributed by atoms with van der Waals surface area (Å²) in [4.78, 5) is 0. The first-order chi connectivity index (χ1) is 10.2. The fraction of sp³-hybridized carbons (Fsp3) is 0.462. The molecule has 0 aliphatic heterocycles. The lowest BCUT2D eigenvalue weighted by Crippen LogP contribution is -2.07. The second kappa shape index (κ2) is 7.12. The van der Waals surface area contributed by atoms with Gasteiger partial charge in [-0.2, -0.15) is 0 Å². The van der Waals surface area contributed by atoms with Gasteiger partial charge in [-0.25, -0.2) is 4.68 Å². The van der Waals surface area contributed by atoms with Crippen molar-refractivity contribution in [3.05, 3.63) is 22.7 Å². The van der Waals surface area contributed by atoms with E-state index in [0.717, 1.165) is 5.56 Å². The van der Waals surface area contributed by atoms with Gasteiger partial charge in [0.15, 0.2) is 11.5 Å². The summed E-state index contributed by atoms with van der Waals surface area (Å²) in [5.41, 5.74) is 0.881. The van der Waals surface area contributed by atoms with Crippen molar-refractivity contribution in [2.45, 2.75) is 20.4 Å². The molecule has 0 amide bonds. The summed E-state index contributed by atoms with van der Waals surface area (Å²) in [6.07, 6.45) is 0. The lowest BCUT2D eigenvalue weighted by atomic mass is 10.2. The number of hydrogen-bond donors (Lipinski definition) is 1. The molecule has 0 saturated heterocycles. The number of aromatic nitrogens is 4. The van der Waals surface area contributed by atoms with Crippen molar-refractivity contribution in [2.24, 2.45) is 7.05 Å². The number of anilines is 1. The molecule has 0 fully saturated rings. The van der Waals surface area contributed by atoms with Crippen LogP contribution in [-0.2, 0) is 13.6 Å². The summed E-state index contributed by atoms with van der Waals surface area (Å²) in [6.45, 7) is 5.44. The molecular weight excluding hydrogens is 294 g/mol. The number of ether oxygens (including phenoxy) is 2. The molecule has 0 bridgehead atoms. The predicted octanol–water partition coefficient (Wildman–Crippen LogP) is 2.27. The van der Waals surface area contributed by atoms with Gasteiger partial charge in [-0.3, -0.25) is 0 Å². The molecule has 114 valence electrons. The highest BCUT2D eigenvalue weighted by Crippen LogP contribution is 2.34. The highest BCUT2D eigenvalue weighted by atomic mass is 35.5. The molecule has 1 aromatic carbocycles. The molecule has 1 heterocycles. The molecule has 0 atom stereocenters. The van der Waals surface area contributed by atoms with E-state index in [4.69, 9.17) is 21.1 Å². The van der Waals surface area contributed by atoms with Gasteiger partial charge in [0.25, 0.3) is 0 Å². The Morgan fingerprint density at radius 2 is 1.86 bits per heavy atom. The number of aryl methyl sites for hydroxylation is 1. The van der Waals surface area contributed by atoms with Gasteiger partial charge in [0.2, 0.25) is 5.95 Å². The molecule has 2 aromatic rings. The summed E-state index contributed by atoms with van der Waals surface area (Å²) in [5.74, 6) is 1.89. The van der Waals surface area contributed by atoms with Gasteiger partial charge in [-0.15, -0.1) is 0 Å². The van der Waals surface area contributed by atoms with E-state index in [1.54, 1.807) is 17.8 Å². The average Bonchev–Trinajstić information content (AvgIpc) is 2.86. The molecule has 0 saturated carbocycles. The summed E-state index contributed by atoms with van der Waals surface area (Å²) in [6, 6.07) is 3.63. The van der Waals surface area contributed by atoms with Crippen LogP contribution in [0.3, 0.4) is 0 Å². The van der Waals surface area contributed by atoms with Gasteiger partial charge >= 0.3 is 0 Å². The number of hydrogen-bond acceptors (Lipinski definition) is 6. The molecule has 0 unspecified atom stereocenters. The summed E-state index contributed by atoms with van der Waals surface area (Å²) in [7, 11) is 1.76. The predicted molar refractivity (Wildman–Crippen MR) is 79.9 cm³/mol. The summed E-state index contributed by atoms with van der Waals surface area (Å²) >= 11 is 6.28. The largest absolute Gasteiger partial charge is 0.490 e. The molecule has 0 spiro atoms. The minimum atomic E-state index is 0.486. The molecular formula is C13H18ClN5O2. The van der Waals surface area contributed by atoms with Gasteiger partial charge < -0.3 is 14.8 Å². The maximum atomic E-state index is 6.28. The zero-order valence-corrected chi connectivity index (χ0v) is 13.0. The Labute approximate surface area is 128 Å². The van der Waals surface area contributed by atoms with Gasteiger partial charge in [-0.05, 0) is 35.9 Å². The van der Waals surface area contributed by atoms with E-state index in [0.29, 0.717) is 42.2 Å². The van der Waals surface area contributed by atoms with Crippen LogP contribution in [0, 0.1) is 0 Å². The number of nitrogens with one attached hydrogen (secondary N) is 1. The third-order valence-electron chi connectivity index (χ3n) is 2.77. The first-order valence-electron chi connectivity index (χ1n) is 6.70. The molecule has 1 aromatic heterocycles. The zero-order valence-electron chi connectivity index (χ0n) is 12.3. The highest BCUT2D eigenvalue weighted by Gasteiger charge is 2.11. The van der Waals surface area contributed by atoms with E-state index in [-0.39, 0.29) is 0 Å². The second-order valence-electron chi connectivity index (χ2n) is 4.24. The van der Waals surface area contributed by atoms with Crippen molar-refractivity contribution in [3.63, 3.8) is 0 Å². The second-order valence-corrected chi connectivity index (χ2v) is 4.64. The molecule has 21 heavy (non-hydrogen) atoms.